The van der Waals surface area contributed by atoms with Gasteiger partial charge in [0.15, 0.2) is 0 Å². The fraction of sp³-hybridized carbons (Fsp3) is 0.478. The van der Waals surface area contributed by atoms with Gasteiger partial charge in [-0.15, -0.1) is 0 Å². The van der Waals surface area contributed by atoms with Crippen LogP contribution in [0.3, 0.4) is 0 Å². The lowest BCUT2D eigenvalue weighted by molar-refractivity contribution is 0.135. The van der Waals surface area contributed by atoms with Crippen molar-refractivity contribution in [2.24, 2.45) is 11.1 Å². The minimum absolute atomic E-state index is 0.307. The predicted molar refractivity (Wildman–Crippen MR) is 129 cm³/mol. The molecule has 10 heteroatoms. The van der Waals surface area contributed by atoms with Crippen LogP contribution in [0.2, 0.25) is 0 Å². The number of aromatic nitrogens is 1. The molecule has 0 bridgehead atoms. The maximum Gasteiger partial charge on any atom is 0.304 e. The average Bonchev–Trinajstić information content (AvgIpc) is 3.58. The lowest BCUT2D eigenvalue weighted by atomic mass is 10.2. The number of nitrogens with two attached hydrogens (primary N) is 1. The molecule has 1 aromatic heterocycles. The largest absolute Gasteiger partial charge is 0.494 e. The first kappa shape index (κ1) is 23.3. The molecule has 2 heterocycles. The molecule has 1 saturated heterocycles. The summed E-state index contributed by atoms with van der Waals surface area (Å²) < 4.78 is 34.3. The number of unbranched alkanes of at least 4 members (excludes halogenated alkanes) is 2. The first-order valence-electron chi connectivity index (χ1n) is 11.4. The SMILES string of the molecule is Nc1cc(N2CCN(CCCCCOc3ccc(/C=N/OCC4CC4)cc3)S2(=O)=O)ccn1. The number of benzene rings is 1. The van der Waals surface area contributed by atoms with Crippen molar-refractivity contribution in [2.75, 3.05) is 42.9 Å². The zero-order chi connectivity index (χ0) is 23.1. The van der Waals surface area contributed by atoms with Gasteiger partial charge < -0.3 is 15.3 Å². The molecule has 4 rings (SSSR count). The van der Waals surface area contributed by atoms with E-state index in [4.69, 9.17) is 15.3 Å². The Morgan fingerprint density at radius 1 is 1.12 bits per heavy atom. The van der Waals surface area contributed by atoms with Gasteiger partial charge in [0.1, 0.15) is 18.2 Å². The quantitative estimate of drug-likeness (QED) is 0.288. The summed E-state index contributed by atoms with van der Waals surface area (Å²) in [6.45, 7) is 2.69. The predicted octanol–water partition coefficient (Wildman–Crippen LogP) is 3.04. The van der Waals surface area contributed by atoms with Gasteiger partial charge in [0.2, 0.25) is 0 Å². The first-order chi connectivity index (χ1) is 16.0. The van der Waals surface area contributed by atoms with Crippen LogP contribution in [-0.2, 0) is 15.0 Å². The third kappa shape index (κ3) is 6.58. The molecule has 1 aromatic carbocycles. The lowest BCUT2D eigenvalue weighted by Gasteiger charge is -2.20. The van der Waals surface area contributed by atoms with Crippen molar-refractivity contribution in [3.05, 3.63) is 48.2 Å². The molecular formula is C23H31N5O4S. The van der Waals surface area contributed by atoms with Crippen LogP contribution >= 0.6 is 0 Å². The minimum Gasteiger partial charge on any atom is -0.494 e. The number of hydrogen-bond acceptors (Lipinski definition) is 7. The molecule has 1 aliphatic carbocycles. The first-order valence-corrected chi connectivity index (χ1v) is 12.8. The molecule has 2 N–H and O–H groups in total. The zero-order valence-electron chi connectivity index (χ0n) is 18.7. The number of hydrogen-bond donors (Lipinski definition) is 1. The Bertz CT molecular complexity index is 1040. The Balaban J connectivity index is 1.12. The number of oxime groups is 1. The molecule has 2 aromatic rings. The van der Waals surface area contributed by atoms with Crippen LogP contribution < -0.4 is 14.8 Å². The van der Waals surface area contributed by atoms with E-state index in [-0.39, 0.29) is 0 Å². The van der Waals surface area contributed by atoms with Gasteiger partial charge in [0.25, 0.3) is 0 Å². The maximum absolute atomic E-state index is 12.8. The number of nitrogens with zero attached hydrogens (tertiary/aromatic N) is 4. The van der Waals surface area contributed by atoms with E-state index in [9.17, 15) is 8.42 Å². The Morgan fingerprint density at radius 3 is 2.70 bits per heavy atom. The second-order valence-electron chi connectivity index (χ2n) is 8.37. The van der Waals surface area contributed by atoms with Crippen LogP contribution in [0, 0.1) is 5.92 Å². The highest BCUT2D eigenvalue weighted by atomic mass is 32.2. The van der Waals surface area contributed by atoms with E-state index in [1.54, 1.807) is 18.3 Å². The van der Waals surface area contributed by atoms with Gasteiger partial charge in [-0.25, -0.2) is 4.98 Å². The average molecular weight is 474 g/mol. The molecule has 0 spiro atoms. The second kappa shape index (κ2) is 10.8. The van der Waals surface area contributed by atoms with E-state index < -0.39 is 10.2 Å². The van der Waals surface area contributed by atoms with Crippen LogP contribution in [0.5, 0.6) is 5.75 Å². The van der Waals surface area contributed by atoms with Crippen molar-refractivity contribution in [3.63, 3.8) is 0 Å². The summed E-state index contributed by atoms with van der Waals surface area (Å²) in [6, 6.07) is 11.0. The molecular weight excluding hydrogens is 442 g/mol. The molecule has 2 fully saturated rings. The molecule has 0 amide bonds. The summed E-state index contributed by atoms with van der Waals surface area (Å²) in [5.41, 5.74) is 7.22. The third-order valence-electron chi connectivity index (χ3n) is 5.69. The summed E-state index contributed by atoms with van der Waals surface area (Å²) in [5.74, 6) is 1.81. The lowest BCUT2D eigenvalue weighted by Crippen LogP contribution is -2.33. The summed E-state index contributed by atoms with van der Waals surface area (Å²) in [5, 5.41) is 3.99. The second-order valence-corrected chi connectivity index (χ2v) is 10.2. The highest BCUT2D eigenvalue weighted by molar-refractivity contribution is 7.90. The normalized spacial score (nSPS) is 18.1. The fourth-order valence-electron chi connectivity index (χ4n) is 3.59. The molecule has 0 unspecified atom stereocenters. The van der Waals surface area contributed by atoms with E-state index in [1.807, 2.05) is 24.3 Å². The number of nitrogen functional groups attached to an aromatic ring is 1. The van der Waals surface area contributed by atoms with Crippen molar-refractivity contribution in [1.29, 1.82) is 0 Å². The standard InChI is InChI=1S/C23H31N5O4S/c24-23-16-21(10-11-25-23)28-14-13-27(33(28,29)30)12-2-1-3-15-31-22-8-6-19(7-9-22)17-26-32-18-20-4-5-20/h6-11,16-17,20H,1-5,12-15,18H2,(H2,24,25)/b26-17+. The highest BCUT2D eigenvalue weighted by Crippen LogP contribution is 2.29. The van der Waals surface area contributed by atoms with E-state index in [2.05, 4.69) is 10.1 Å². The van der Waals surface area contributed by atoms with Gasteiger partial charge >= 0.3 is 10.2 Å². The van der Waals surface area contributed by atoms with Crippen molar-refractivity contribution in [3.8, 4) is 5.75 Å². The van der Waals surface area contributed by atoms with E-state index in [0.29, 0.717) is 50.3 Å². The number of rotatable bonds is 12. The zero-order valence-corrected chi connectivity index (χ0v) is 19.5. The van der Waals surface area contributed by atoms with Gasteiger partial charge in [-0.2, -0.15) is 12.7 Å². The van der Waals surface area contributed by atoms with Crippen LogP contribution in [-0.4, -0.2) is 56.8 Å². The van der Waals surface area contributed by atoms with Gasteiger partial charge in [-0.3, -0.25) is 4.31 Å². The van der Waals surface area contributed by atoms with Gasteiger partial charge in [0.05, 0.1) is 18.5 Å². The molecule has 9 nitrogen and oxygen atoms in total. The molecule has 33 heavy (non-hydrogen) atoms. The van der Waals surface area contributed by atoms with Crippen molar-refractivity contribution in [2.45, 2.75) is 32.1 Å². The summed E-state index contributed by atoms with van der Waals surface area (Å²) in [7, 11) is -3.51. The van der Waals surface area contributed by atoms with Gasteiger partial charge in [0, 0.05) is 31.9 Å². The van der Waals surface area contributed by atoms with Crippen LogP contribution in [0.25, 0.3) is 0 Å². The Labute approximate surface area is 195 Å². The van der Waals surface area contributed by atoms with E-state index >= 15 is 0 Å². The number of pyridine rings is 1. The molecule has 1 saturated carbocycles. The monoisotopic (exact) mass is 473 g/mol. The van der Waals surface area contributed by atoms with Crippen LogP contribution in [0.1, 0.15) is 37.7 Å². The third-order valence-corrected chi connectivity index (χ3v) is 7.66. The minimum atomic E-state index is -3.51. The fourth-order valence-corrected chi connectivity index (χ4v) is 5.24. The Kier molecular flexibility index (Phi) is 7.66. The molecule has 1 aliphatic heterocycles. The summed E-state index contributed by atoms with van der Waals surface area (Å²) in [4.78, 5) is 9.19. The van der Waals surface area contributed by atoms with Crippen LogP contribution in [0.4, 0.5) is 11.5 Å². The molecule has 0 atom stereocenters. The molecule has 0 radical (unpaired) electrons. The van der Waals surface area contributed by atoms with E-state index in [0.717, 1.165) is 30.6 Å². The summed E-state index contributed by atoms with van der Waals surface area (Å²) >= 11 is 0. The highest BCUT2D eigenvalue weighted by Gasteiger charge is 2.36. The van der Waals surface area contributed by atoms with Crippen molar-refractivity contribution < 1.29 is 18.0 Å². The number of ether oxygens (including phenoxy) is 1. The molecule has 2 aliphatic rings. The Hall–Kier alpha value is -2.85. The summed E-state index contributed by atoms with van der Waals surface area (Å²) in [6.07, 6.45) is 8.26. The number of anilines is 2. The smallest absolute Gasteiger partial charge is 0.304 e. The van der Waals surface area contributed by atoms with E-state index in [1.165, 1.54) is 27.6 Å². The van der Waals surface area contributed by atoms with Crippen LogP contribution in [0.15, 0.2) is 47.8 Å². The van der Waals surface area contributed by atoms with Gasteiger partial charge in [-0.05, 0) is 73.9 Å². The van der Waals surface area contributed by atoms with Crippen molar-refractivity contribution >= 4 is 27.9 Å². The maximum atomic E-state index is 12.8. The van der Waals surface area contributed by atoms with Crippen molar-refractivity contribution in [1.82, 2.24) is 9.29 Å². The topological polar surface area (TPSA) is 110 Å². The Morgan fingerprint density at radius 2 is 1.94 bits per heavy atom. The van der Waals surface area contributed by atoms with Gasteiger partial charge in [-0.1, -0.05) is 5.16 Å². The molecule has 178 valence electrons.